The van der Waals surface area contributed by atoms with Crippen LogP contribution in [0.25, 0.3) is 11.1 Å². The van der Waals surface area contributed by atoms with Gasteiger partial charge < -0.3 is 20.1 Å². The quantitative estimate of drug-likeness (QED) is 0.630. The van der Waals surface area contributed by atoms with E-state index in [0.29, 0.717) is 19.4 Å². The van der Waals surface area contributed by atoms with E-state index in [0.717, 1.165) is 35.1 Å². The molecular weight excluding hydrogens is 420 g/mol. The van der Waals surface area contributed by atoms with Gasteiger partial charge in [0.25, 0.3) is 0 Å². The fraction of sp³-hybridized carbons (Fsp3) is 0.423. The van der Waals surface area contributed by atoms with E-state index in [4.69, 9.17) is 9.84 Å². The lowest BCUT2D eigenvalue weighted by Gasteiger charge is -2.31. The highest BCUT2D eigenvalue weighted by atomic mass is 16.5. The molecule has 2 N–H and O–H groups in total. The van der Waals surface area contributed by atoms with Crippen molar-refractivity contribution in [2.45, 2.75) is 50.5 Å². The van der Waals surface area contributed by atoms with Gasteiger partial charge in [-0.1, -0.05) is 61.4 Å². The van der Waals surface area contributed by atoms with Gasteiger partial charge in [-0.25, -0.2) is 4.79 Å². The molecule has 7 nitrogen and oxygen atoms in total. The van der Waals surface area contributed by atoms with Gasteiger partial charge in [0.05, 0.1) is 12.0 Å². The van der Waals surface area contributed by atoms with E-state index in [-0.39, 0.29) is 31.4 Å². The van der Waals surface area contributed by atoms with E-state index in [1.807, 2.05) is 24.3 Å². The lowest BCUT2D eigenvalue weighted by molar-refractivity contribution is -0.145. The van der Waals surface area contributed by atoms with Gasteiger partial charge in [-0.3, -0.25) is 9.59 Å². The highest BCUT2D eigenvalue weighted by Gasteiger charge is 2.39. The summed E-state index contributed by atoms with van der Waals surface area (Å²) in [4.78, 5) is 38.0. The Balaban J connectivity index is 1.42. The summed E-state index contributed by atoms with van der Waals surface area (Å²) in [6.45, 7) is 1.94. The van der Waals surface area contributed by atoms with Gasteiger partial charge in [-0.15, -0.1) is 0 Å². The zero-order valence-corrected chi connectivity index (χ0v) is 18.9. The standard InChI is InChI=1S/C26H30N2O5/c1-2-28(16-24(30)31)23(29)15-26(13-7-8-14-26)27-25(32)33-17-22-20-11-5-3-9-18(20)19-10-4-6-12-21(19)22/h3-6,9-12,22H,2,7-8,13-17H2,1H3,(H,27,32)(H,30,31). The Labute approximate surface area is 193 Å². The molecule has 174 valence electrons. The van der Waals surface area contributed by atoms with Crippen LogP contribution in [0.4, 0.5) is 4.79 Å². The van der Waals surface area contributed by atoms with Gasteiger partial charge in [-0.2, -0.15) is 0 Å². The van der Waals surface area contributed by atoms with Crippen molar-refractivity contribution in [3.63, 3.8) is 0 Å². The fourth-order valence-electron chi connectivity index (χ4n) is 5.19. The number of hydrogen-bond donors (Lipinski definition) is 2. The fourth-order valence-corrected chi connectivity index (χ4v) is 5.19. The van der Waals surface area contributed by atoms with Crippen LogP contribution < -0.4 is 5.32 Å². The molecule has 0 atom stereocenters. The van der Waals surface area contributed by atoms with Crippen molar-refractivity contribution in [3.05, 3.63) is 59.7 Å². The van der Waals surface area contributed by atoms with Crippen LogP contribution in [0.5, 0.6) is 0 Å². The highest BCUT2D eigenvalue weighted by Crippen LogP contribution is 2.44. The monoisotopic (exact) mass is 450 g/mol. The summed E-state index contributed by atoms with van der Waals surface area (Å²) in [7, 11) is 0. The maximum atomic E-state index is 12.8. The van der Waals surface area contributed by atoms with Crippen molar-refractivity contribution in [3.8, 4) is 11.1 Å². The molecule has 2 aliphatic carbocycles. The Bertz CT molecular complexity index is 999. The van der Waals surface area contributed by atoms with Crippen LogP contribution in [0.1, 0.15) is 56.1 Å². The SMILES string of the molecule is CCN(CC(=O)O)C(=O)CC1(NC(=O)OCC2c3ccccc3-c3ccccc32)CCCC1. The summed E-state index contributed by atoms with van der Waals surface area (Å²) in [5.41, 5.74) is 3.93. The molecule has 1 saturated carbocycles. The number of rotatable bonds is 8. The molecule has 2 aromatic carbocycles. The minimum absolute atomic E-state index is 0.0320. The van der Waals surface area contributed by atoms with Crippen molar-refractivity contribution < 1.29 is 24.2 Å². The number of amides is 2. The van der Waals surface area contributed by atoms with Gasteiger partial charge in [0.1, 0.15) is 13.2 Å². The molecule has 2 aliphatic rings. The smallest absolute Gasteiger partial charge is 0.407 e. The molecule has 2 amide bonds. The number of carboxylic acids is 1. The molecule has 0 unspecified atom stereocenters. The molecular formula is C26H30N2O5. The molecule has 0 spiro atoms. The van der Waals surface area contributed by atoms with E-state index in [1.165, 1.54) is 4.90 Å². The van der Waals surface area contributed by atoms with Crippen LogP contribution in [0, 0.1) is 0 Å². The van der Waals surface area contributed by atoms with E-state index in [1.54, 1.807) is 6.92 Å². The van der Waals surface area contributed by atoms with Crippen LogP contribution in [-0.2, 0) is 14.3 Å². The first-order valence-electron chi connectivity index (χ1n) is 11.6. The molecule has 4 rings (SSSR count). The maximum Gasteiger partial charge on any atom is 0.407 e. The van der Waals surface area contributed by atoms with Gasteiger partial charge in [0.2, 0.25) is 5.91 Å². The number of alkyl carbamates (subject to hydrolysis) is 1. The molecule has 0 bridgehead atoms. The first-order chi connectivity index (χ1) is 15.9. The molecule has 0 radical (unpaired) electrons. The molecule has 2 aromatic rings. The molecule has 0 saturated heterocycles. The molecule has 33 heavy (non-hydrogen) atoms. The number of fused-ring (bicyclic) bond motifs is 3. The average Bonchev–Trinajstić information content (AvgIpc) is 3.38. The summed E-state index contributed by atoms with van der Waals surface area (Å²) in [6.07, 6.45) is 2.71. The Kier molecular flexibility index (Phi) is 6.67. The molecule has 0 aliphatic heterocycles. The summed E-state index contributed by atoms with van der Waals surface area (Å²) in [5.74, 6) is -1.34. The Morgan fingerprint density at radius 3 is 2.15 bits per heavy atom. The van der Waals surface area contributed by atoms with Crippen LogP contribution in [0.2, 0.25) is 0 Å². The van der Waals surface area contributed by atoms with Gasteiger partial charge in [0.15, 0.2) is 0 Å². The minimum Gasteiger partial charge on any atom is -0.480 e. The van der Waals surface area contributed by atoms with Crippen molar-refractivity contribution >= 4 is 18.0 Å². The first kappa shape index (κ1) is 22.8. The molecule has 7 heteroatoms. The predicted molar refractivity (Wildman–Crippen MR) is 124 cm³/mol. The van der Waals surface area contributed by atoms with E-state index in [9.17, 15) is 14.4 Å². The summed E-state index contributed by atoms with van der Waals surface area (Å²) < 4.78 is 5.69. The third-order valence-electron chi connectivity index (χ3n) is 6.82. The number of carbonyl (C=O) groups excluding carboxylic acids is 2. The Morgan fingerprint density at radius 2 is 1.61 bits per heavy atom. The van der Waals surface area contributed by atoms with Crippen molar-refractivity contribution in [1.29, 1.82) is 0 Å². The highest BCUT2D eigenvalue weighted by molar-refractivity contribution is 5.83. The second-order valence-corrected chi connectivity index (χ2v) is 8.92. The van der Waals surface area contributed by atoms with Crippen molar-refractivity contribution in [2.75, 3.05) is 19.7 Å². The number of carboxylic acid groups (broad SMARTS) is 1. The number of nitrogens with one attached hydrogen (secondary N) is 1. The average molecular weight is 451 g/mol. The van der Waals surface area contributed by atoms with Crippen LogP contribution in [0.3, 0.4) is 0 Å². The maximum absolute atomic E-state index is 12.8. The Morgan fingerprint density at radius 1 is 1.03 bits per heavy atom. The van der Waals surface area contributed by atoms with Gasteiger partial charge >= 0.3 is 12.1 Å². The predicted octanol–water partition coefficient (Wildman–Crippen LogP) is 4.16. The minimum atomic E-state index is -1.05. The molecule has 0 aromatic heterocycles. The van der Waals surface area contributed by atoms with Gasteiger partial charge in [-0.05, 0) is 42.0 Å². The third-order valence-corrected chi connectivity index (χ3v) is 6.82. The lowest BCUT2D eigenvalue weighted by Crippen LogP contribution is -2.50. The second-order valence-electron chi connectivity index (χ2n) is 8.92. The number of carbonyl (C=O) groups is 3. The van der Waals surface area contributed by atoms with Crippen molar-refractivity contribution in [1.82, 2.24) is 10.2 Å². The summed E-state index contributed by atoms with van der Waals surface area (Å²) in [6, 6.07) is 16.3. The van der Waals surface area contributed by atoms with Crippen LogP contribution >= 0.6 is 0 Å². The second kappa shape index (κ2) is 9.65. The lowest BCUT2D eigenvalue weighted by atomic mass is 9.92. The number of benzene rings is 2. The zero-order valence-electron chi connectivity index (χ0n) is 18.9. The van der Waals surface area contributed by atoms with Crippen molar-refractivity contribution in [2.24, 2.45) is 0 Å². The molecule has 0 heterocycles. The summed E-state index contributed by atoms with van der Waals surface area (Å²) >= 11 is 0. The number of aliphatic carboxylic acids is 1. The number of nitrogens with zero attached hydrogens (tertiary/aromatic N) is 1. The van der Waals surface area contributed by atoms with E-state index < -0.39 is 17.6 Å². The Hall–Kier alpha value is -3.35. The normalized spacial score (nSPS) is 16.0. The topological polar surface area (TPSA) is 95.9 Å². The van der Waals surface area contributed by atoms with Gasteiger partial charge in [0, 0.05) is 12.5 Å². The number of ether oxygens (including phenoxy) is 1. The first-order valence-corrected chi connectivity index (χ1v) is 11.6. The summed E-state index contributed by atoms with van der Waals surface area (Å²) in [5, 5.41) is 12.0. The van der Waals surface area contributed by atoms with Crippen LogP contribution in [0.15, 0.2) is 48.5 Å². The largest absolute Gasteiger partial charge is 0.480 e. The van der Waals surface area contributed by atoms with E-state index in [2.05, 4.69) is 29.6 Å². The third kappa shape index (κ3) is 4.87. The number of likely N-dealkylation sites (N-methyl/N-ethyl adjacent to an activating group) is 1. The van der Waals surface area contributed by atoms with Crippen LogP contribution in [-0.4, -0.2) is 53.2 Å². The zero-order chi connectivity index (χ0) is 23.4. The molecule has 1 fully saturated rings. The number of hydrogen-bond acceptors (Lipinski definition) is 4. The van der Waals surface area contributed by atoms with E-state index >= 15 is 0 Å².